The Morgan fingerprint density at radius 1 is 1.33 bits per heavy atom. The Kier molecular flexibility index (Phi) is 6.29. The summed E-state index contributed by atoms with van der Waals surface area (Å²) >= 11 is 0. The monoisotopic (exact) mass is 457 g/mol. The van der Waals surface area contributed by atoms with Gasteiger partial charge in [-0.3, -0.25) is 19.0 Å². The van der Waals surface area contributed by atoms with Crippen LogP contribution in [0.2, 0.25) is 0 Å². The number of carbonyl (C=O) groups is 2. The maximum atomic E-state index is 13.2. The Morgan fingerprint density at radius 3 is 2.70 bits per heavy atom. The zero-order valence-corrected chi connectivity index (χ0v) is 19.5. The molecule has 3 heterocycles. The van der Waals surface area contributed by atoms with E-state index in [0.717, 1.165) is 17.4 Å². The first kappa shape index (κ1) is 23.0. The predicted octanol–water partition coefficient (Wildman–Crippen LogP) is 1.32. The van der Waals surface area contributed by atoms with Gasteiger partial charge in [0.25, 0.3) is 11.5 Å². The average molecular weight is 458 g/mol. The fourth-order valence-corrected chi connectivity index (χ4v) is 4.06. The molecule has 178 valence electrons. The van der Waals surface area contributed by atoms with Crippen molar-refractivity contribution in [3.63, 3.8) is 0 Å². The minimum atomic E-state index is -0.684. The van der Waals surface area contributed by atoms with Crippen molar-refractivity contribution >= 4 is 23.5 Å². The molecule has 2 fully saturated rings. The fourth-order valence-electron chi connectivity index (χ4n) is 4.06. The van der Waals surface area contributed by atoms with Gasteiger partial charge in [-0.25, -0.2) is 0 Å². The lowest BCUT2D eigenvalue weighted by molar-refractivity contribution is -0.132. The van der Waals surface area contributed by atoms with Crippen LogP contribution in [0, 0.1) is 12.8 Å². The Bertz CT molecular complexity index is 1170. The van der Waals surface area contributed by atoms with E-state index in [9.17, 15) is 19.5 Å². The van der Waals surface area contributed by atoms with Crippen LogP contribution in [-0.4, -0.2) is 67.8 Å². The first-order valence-corrected chi connectivity index (χ1v) is 11.4. The van der Waals surface area contributed by atoms with E-state index in [-0.39, 0.29) is 35.4 Å². The maximum Gasteiger partial charge on any atom is 0.291 e. The number of hydrogen-bond donors (Lipinski definition) is 2. The van der Waals surface area contributed by atoms with Crippen LogP contribution in [0.15, 0.2) is 10.9 Å². The minimum Gasteiger partial charge on any atom is -0.494 e. The van der Waals surface area contributed by atoms with E-state index in [1.54, 1.807) is 17.9 Å². The van der Waals surface area contributed by atoms with Crippen LogP contribution in [0.4, 0.5) is 0 Å². The number of aromatic hydroxyl groups is 1. The van der Waals surface area contributed by atoms with Crippen LogP contribution in [0.25, 0.3) is 11.7 Å². The third kappa shape index (κ3) is 4.66. The van der Waals surface area contributed by atoms with E-state index in [0.29, 0.717) is 43.1 Å². The number of ether oxygens (including phenoxy) is 1. The summed E-state index contributed by atoms with van der Waals surface area (Å²) in [6.07, 6.45) is 4.78. The molecule has 1 saturated heterocycles. The van der Waals surface area contributed by atoms with Gasteiger partial charge in [-0.1, -0.05) is 13.8 Å². The minimum absolute atomic E-state index is 0.0248. The highest BCUT2D eigenvalue weighted by Gasteiger charge is 2.30. The molecule has 10 nitrogen and oxygen atoms in total. The number of rotatable bonds is 6. The molecule has 0 radical (unpaired) electrons. The number of morpholine rings is 1. The molecule has 33 heavy (non-hydrogen) atoms. The molecule has 1 aliphatic heterocycles. The SMILES string of the molecule is Cc1nn2c(=O)c(C(=O)NC3CC3)c(O)n(CC(C)C)c2c1C=CC(=O)N1CCOC(C)C1. The van der Waals surface area contributed by atoms with Crippen LogP contribution in [0.5, 0.6) is 5.88 Å². The van der Waals surface area contributed by atoms with E-state index in [1.165, 1.54) is 10.6 Å². The van der Waals surface area contributed by atoms with Crippen molar-refractivity contribution in [2.24, 2.45) is 5.92 Å². The Hall–Kier alpha value is -3.14. The summed E-state index contributed by atoms with van der Waals surface area (Å²) in [4.78, 5) is 40.3. The van der Waals surface area contributed by atoms with Crippen molar-refractivity contribution in [3.05, 3.63) is 33.3 Å². The number of fused-ring (bicyclic) bond motifs is 1. The van der Waals surface area contributed by atoms with Crippen LogP contribution in [-0.2, 0) is 16.1 Å². The highest BCUT2D eigenvalue weighted by atomic mass is 16.5. The van der Waals surface area contributed by atoms with Crippen molar-refractivity contribution in [2.45, 2.75) is 59.2 Å². The third-order valence-electron chi connectivity index (χ3n) is 5.86. The Morgan fingerprint density at radius 2 is 2.06 bits per heavy atom. The van der Waals surface area contributed by atoms with E-state index in [4.69, 9.17) is 4.74 Å². The molecule has 2 aromatic rings. The summed E-state index contributed by atoms with van der Waals surface area (Å²) in [5.41, 5.74) is 0.421. The van der Waals surface area contributed by atoms with Gasteiger partial charge < -0.3 is 20.1 Å². The molecular formula is C23H31N5O5. The number of aryl methyl sites for hydroxylation is 1. The number of amides is 2. The summed E-state index contributed by atoms with van der Waals surface area (Å²) < 4.78 is 8.18. The second-order valence-electron chi connectivity index (χ2n) is 9.29. The number of hydrogen-bond acceptors (Lipinski definition) is 6. The summed E-state index contributed by atoms with van der Waals surface area (Å²) in [7, 11) is 0. The standard InChI is InChI=1S/C23H31N5O5/c1-13(2)11-27-21-17(7-8-18(29)26-9-10-33-14(3)12-26)15(4)25-28(21)23(32)19(22(27)31)20(30)24-16-5-6-16/h7-8,13-14,16,31H,5-6,9-12H2,1-4H3,(H,24,30). The molecule has 0 bridgehead atoms. The fraction of sp³-hybridized carbons (Fsp3) is 0.565. The summed E-state index contributed by atoms with van der Waals surface area (Å²) in [6, 6.07) is 0.0392. The van der Waals surface area contributed by atoms with Crippen molar-refractivity contribution in [1.29, 1.82) is 0 Å². The number of carbonyl (C=O) groups excluding carboxylic acids is 2. The highest BCUT2D eigenvalue weighted by Crippen LogP contribution is 2.26. The van der Waals surface area contributed by atoms with Crippen molar-refractivity contribution in [2.75, 3.05) is 19.7 Å². The molecular weight excluding hydrogens is 426 g/mol. The smallest absolute Gasteiger partial charge is 0.291 e. The number of aromatic nitrogens is 3. The number of nitrogens with one attached hydrogen (secondary N) is 1. The molecule has 1 atom stereocenters. The predicted molar refractivity (Wildman–Crippen MR) is 122 cm³/mol. The normalized spacial score (nSPS) is 19.1. The number of nitrogens with zero attached hydrogens (tertiary/aromatic N) is 4. The second-order valence-corrected chi connectivity index (χ2v) is 9.29. The summed E-state index contributed by atoms with van der Waals surface area (Å²) in [5.74, 6) is -1.03. The lowest BCUT2D eigenvalue weighted by Gasteiger charge is -2.30. The molecule has 1 saturated carbocycles. The molecule has 2 N–H and O–H groups in total. The van der Waals surface area contributed by atoms with Crippen LogP contribution >= 0.6 is 0 Å². The van der Waals surface area contributed by atoms with Crippen molar-refractivity contribution in [1.82, 2.24) is 24.4 Å². The molecule has 0 aromatic carbocycles. The Labute approximate surface area is 191 Å². The lowest BCUT2D eigenvalue weighted by atomic mass is 10.1. The third-order valence-corrected chi connectivity index (χ3v) is 5.86. The van der Waals surface area contributed by atoms with Crippen LogP contribution < -0.4 is 10.9 Å². The maximum absolute atomic E-state index is 13.2. The van der Waals surface area contributed by atoms with Gasteiger partial charge in [0.05, 0.1) is 18.4 Å². The van der Waals surface area contributed by atoms with Gasteiger partial charge in [0, 0.05) is 37.3 Å². The van der Waals surface area contributed by atoms with Gasteiger partial charge in [0.2, 0.25) is 11.8 Å². The van der Waals surface area contributed by atoms with Crippen LogP contribution in [0.3, 0.4) is 0 Å². The van der Waals surface area contributed by atoms with E-state index < -0.39 is 11.5 Å². The van der Waals surface area contributed by atoms with Gasteiger partial charge in [0.1, 0.15) is 5.65 Å². The zero-order valence-electron chi connectivity index (χ0n) is 19.5. The lowest BCUT2D eigenvalue weighted by Crippen LogP contribution is -2.43. The van der Waals surface area contributed by atoms with Crippen molar-refractivity contribution < 1.29 is 19.4 Å². The summed E-state index contributed by atoms with van der Waals surface area (Å²) in [6.45, 7) is 9.47. The van der Waals surface area contributed by atoms with E-state index >= 15 is 0 Å². The molecule has 1 unspecified atom stereocenters. The van der Waals surface area contributed by atoms with E-state index in [2.05, 4.69) is 10.4 Å². The first-order chi connectivity index (χ1) is 15.7. The largest absolute Gasteiger partial charge is 0.494 e. The topological polar surface area (TPSA) is 118 Å². The zero-order chi connectivity index (χ0) is 23.9. The summed E-state index contributed by atoms with van der Waals surface area (Å²) in [5, 5.41) is 18.1. The van der Waals surface area contributed by atoms with Gasteiger partial charge in [-0.2, -0.15) is 9.61 Å². The Balaban J connectivity index is 1.79. The molecule has 1 aliphatic carbocycles. The van der Waals surface area contributed by atoms with E-state index in [1.807, 2.05) is 20.8 Å². The molecule has 10 heteroatoms. The first-order valence-electron chi connectivity index (χ1n) is 11.4. The second kappa shape index (κ2) is 9.01. The molecule has 2 aliphatic rings. The van der Waals surface area contributed by atoms with Crippen LogP contribution in [0.1, 0.15) is 55.2 Å². The molecule has 4 rings (SSSR count). The van der Waals surface area contributed by atoms with Gasteiger partial charge >= 0.3 is 0 Å². The molecule has 2 aromatic heterocycles. The van der Waals surface area contributed by atoms with Gasteiger partial charge in [0.15, 0.2) is 5.56 Å². The average Bonchev–Trinajstić information content (AvgIpc) is 3.50. The molecule has 0 spiro atoms. The van der Waals surface area contributed by atoms with Gasteiger partial charge in [-0.05, 0) is 38.7 Å². The van der Waals surface area contributed by atoms with Gasteiger partial charge in [-0.15, -0.1) is 0 Å². The quantitative estimate of drug-likeness (QED) is 0.632. The highest BCUT2D eigenvalue weighted by molar-refractivity contribution is 5.97. The molecule has 2 amide bonds. The van der Waals surface area contributed by atoms with Crippen molar-refractivity contribution in [3.8, 4) is 5.88 Å².